The van der Waals surface area contributed by atoms with E-state index in [-0.39, 0.29) is 0 Å². The molecule has 2 rings (SSSR count). The Bertz CT molecular complexity index is 401. The van der Waals surface area contributed by atoms with Crippen LogP contribution in [0.25, 0.3) is 0 Å². The van der Waals surface area contributed by atoms with Gasteiger partial charge in [0.2, 0.25) is 0 Å². The fourth-order valence-corrected chi connectivity index (χ4v) is 2.12. The molecule has 0 aromatic heterocycles. The van der Waals surface area contributed by atoms with Crippen molar-refractivity contribution in [3.8, 4) is 6.07 Å². The van der Waals surface area contributed by atoms with E-state index < -0.39 is 0 Å². The van der Waals surface area contributed by atoms with Crippen LogP contribution in [0, 0.1) is 16.7 Å². The number of rotatable bonds is 6. The molecule has 0 bridgehead atoms. The van der Waals surface area contributed by atoms with E-state index in [1.807, 2.05) is 12.1 Å². The van der Waals surface area contributed by atoms with Gasteiger partial charge < -0.3 is 5.32 Å². The van der Waals surface area contributed by atoms with E-state index in [0.29, 0.717) is 11.8 Å². The second-order valence-corrected chi connectivity index (χ2v) is 5.32. The Morgan fingerprint density at radius 2 is 2.00 bits per heavy atom. The van der Waals surface area contributed by atoms with Gasteiger partial charge in [-0.2, -0.15) is 5.26 Å². The summed E-state index contributed by atoms with van der Waals surface area (Å²) in [6, 6.07) is 10.3. The molecule has 0 atom stereocenters. The lowest BCUT2D eigenvalue weighted by atomic mass is 10.0. The van der Waals surface area contributed by atoms with E-state index in [1.54, 1.807) is 0 Å². The molecule has 0 amide bonds. The van der Waals surface area contributed by atoms with Crippen LogP contribution in [0.1, 0.15) is 24.8 Å². The molecule has 0 saturated heterocycles. The summed E-state index contributed by atoms with van der Waals surface area (Å²) in [5.41, 5.74) is 1.60. The molecule has 1 saturated carbocycles. The Morgan fingerprint density at radius 1 is 1.29 bits per heavy atom. The summed E-state index contributed by atoms with van der Waals surface area (Å²) in [6.07, 6.45) is 4.11. The second kappa shape index (κ2) is 5.53. The minimum atomic E-state index is 0.300. The zero-order chi connectivity index (χ0) is 12.1. The summed E-state index contributed by atoms with van der Waals surface area (Å²) in [6.45, 7) is 1.95. The van der Waals surface area contributed by atoms with Gasteiger partial charge in [0, 0.05) is 18.0 Å². The zero-order valence-electron chi connectivity index (χ0n) is 9.88. The molecule has 90 valence electrons. The lowest BCUT2D eigenvalue weighted by Gasteiger charge is -2.12. The van der Waals surface area contributed by atoms with Gasteiger partial charge in [0.15, 0.2) is 0 Å². The predicted octanol–water partition coefficient (Wildman–Crippen LogP) is 3.17. The minimum absolute atomic E-state index is 0.300. The Kier molecular flexibility index (Phi) is 4.04. The summed E-state index contributed by atoms with van der Waals surface area (Å²) in [4.78, 5) is 0. The average Bonchev–Trinajstić information content (AvgIpc) is 3.08. The first-order valence-corrected chi connectivity index (χ1v) is 6.44. The Hall–Kier alpha value is -1.04. The van der Waals surface area contributed by atoms with Crippen molar-refractivity contribution in [2.24, 2.45) is 5.41 Å². The van der Waals surface area contributed by atoms with Gasteiger partial charge in [-0.1, -0.05) is 23.7 Å². The number of hydrogen-bond acceptors (Lipinski definition) is 2. The number of hydrogen-bond donors (Lipinski definition) is 1. The van der Waals surface area contributed by atoms with E-state index in [1.165, 1.54) is 18.4 Å². The van der Waals surface area contributed by atoms with Crippen LogP contribution in [-0.2, 0) is 6.42 Å². The van der Waals surface area contributed by atoms with Crippen LogP contribution in [0.2, 0.25) is 5.02 Å². The summed E-state index contributed by atoms with van der Waals surface area (Å²) in [5.74, 6) is 0. The third-order valence-corrected chi connectivity index (χ3v) is 3.67. The largest absolute Gasteiger partial charge is 0.316 e. The third kappa shape index (κ3) is 3.73. The maximum Gasteiger partial charge on any atom is 0.0628 e. The van der Waals surface area contributed by atoms with Gasteiger partial charge in [-0.05, 0) is 48.9 Å². The van der Waals surface area contributed by atoms with Gasteiger partial charge in [0.05, 0.1) is 6.07 Å². The minimum Gasteiger partial charge on any atom is -0.316 e. The smallest absolute Gasteiger partial charge is 0.0628 e. The first kappa shape index (κ1) is 12.4. The fourth-order valence-electron chi connectivity index (χ4n) is 2.00. The van der Waals surface area contributed by atoms with E-state index in [2.05, 4.69) is 23.5 Å². The molecular weight excluding hydrogens is 232 g/mol. The summed E-state index contributed by atoms with van der Waals surface area (Å²) in [7, 11) is 0. The summed E-state index contributed by atoms with van der Waals surface area (Å²) < 4.78 is 0. The Labute approximate surface area is 108 Å². The molecule has 17 heavy (non-hydrogen) atoms. The molecule has 1 aliphatic rings. The van der Waals surface area contributed by atoms with E-state index >= 15 is 0 Å². The molecule has 0 radical (unpaired) electrons. The number of halogens is 1. The third-order valence-electron chi connectivity index (χ3n) is 3.41. The van der Waals surface area contributed by atoms with Crippen molar-refractivity contribution in [3.63, 3.8) is 0 Å². The highest BCUT2D eigenvalue weighted by molar-refractivity contribution is 6.30. The molecule has 0 heterocycles. The molecule has 0 unspecified atom stereocenters. The molecule has 0 aliphatic heterocycles. The van der Waals surface area contributed by atoms with Gasteiger partial charge in [-0.25, -0.2) is 0 Å². The molecule has 3 heteroatoms. The van der Waals surface area contributed by atoms with Gasteiger partial charge >= 0.3 is 0 Å². The lowest BCUT2D eigenvalue weighted by Crippen LogP contribution is -2.25. The standard InChI is InChI=1S/C14H17ClN2/c15-13-3-1-12(2-4-13)5-10-17-11-14(6-7-14)8-9-16/h1-4,17H,5-8,10-11H2. The normalized spacial score (nSPS) is 16.5. The van der Waals surface area contributed by atoms with Crippen molar-refractivity contribution < 1.29 is 0 Å². The number of nitrogens with zero attached hydrogens (tertiary/aromatic N) is 1. The lowest BCUT2D eigenvalue weighted by molar-refractivity contribution is 0.469. The number of benzene rings is 1. The summed E-state index contributed by atoms with van der Waals surface area (Å²) >= 11 is 5.83. The average molecular weight is 249 g/mol. The van der Waals surface area contributed by atoms with Crippen molar-refractivity contribution in [3.05, 3.63) is 34.9 Å². The second-order valence-electron chi connectivity index (χ2n) is 4.89. The highest BCUT2D eigenvalue weighted by Gasteiger charge is 2.41. The van der Waals surface area contributed by atoms with Crippen LogP contribution in [0.15, 0.2) is 24.3 Å². The molecule has 0 spiro atoms. The number of nitrogens with one attached hydrogen (secondary N) is 1. The van der Waals surface area contributed by atoms with Crippen molar-refractivity contribution in [1.82, 2.24) is 5.32 Å². The molecule has 1 aliphatic carbocycles. The van der Waals surface area contributed by atoms with E-state index in [0.717, 1.165) is 24.5 Å². The first-order valence-electron chi connectivity index (χ1n) is 6.06. The van der Waals surface area contributed by atoms with Gasteiger partial charge in [-0.3, -0.25) is 0 Å². The van der Waals surface area contributed by atoms with Crippen molar-refractivity contribution in [2.45, 2.75) is 25.7 Å². The molecular formula is C14H17ClN2. The van der Waals surface area contributed by atoms with Crippen molar-refractivity contribution >= 4 is 11.6 Å². The fraction of sp³-hybridized carbons (Fsp3) is 0.500. The number of nitriles is 1. The van der Waals surface area contributed by atoms with Gasteiger partial charge in [0.25, 0.3) is 0 Å². The monoisotopic (exact) mass is 248 g/mol. The highest BCUT2D eigenvalue weighted by atomic mass is 35.5. The van der Waals surface area contributed by atoms with Crippen LogP contribution in [-0.4, -0.2) is 13.1 Å². The van der Waals surface area contributed by atoms with E-state index in [9.17, 15) is 0 Å². The molecule has 2 nitrogen and oxygen atoms in total. The SMILES string of the molecule is N#CCC1(CNCCc2ccc(Cl)cc2)CC1. The van der Waals surface area contributed by atoms with Gasteiger partial charge in [0.1, 0.15) is 0 Å². The summed E-state index contributed by atoms with van der Waals surface area (Å²) in [5, 5.41) is 12.9. The topological polar surface area (TPSA) is 35.8 Å². The predicted molar refractivity (Wildman–Crippen MR) is 69.9 cm³/mol. The highest BCUT2D eigenvalue weighted by Crippen LogP contribution is 2.47. The molecule has 1 aromatic carbocycles. The molecule has 1 N–H and O–H groups in total. The molecule has 1 aromatic rings. The Balaban J connectivity index is 1.67. The maximum atomic E-state index is 8.71. The molecule has 1 fully saturated rings. The Morgan fingerprint density at radius 3 is 2.59 bits per heavy atom. The van der Waals surface area contributed by atoms with Crippen LogP contribution < -0.4 is 5.32 Å². The van der Waals surface area contributed by atoms with Crippen LogP contribution in [0.4, 0.5) is 0 Å². The van der Waals surface area contributed by atoms with Crippen molar-refractivity contribution in [2.75, 3.05) is 13.1 Å². The van der Waals surface area contributed by atoms with Crippen LogP contribution in [0.3, 0.4) is 0 Å². The van der Waals surface area contributed by atoms with Crippen LogP contribution >= 0.6 is 11.6 Å². The maximum absolute atomic E-state index is 8.71. The quantitative estimate of drug-likeness (QED) is 0.785. The zero-order valence-corrected chi connectivity index (χ0v) is 10.6. The van der Waals surface area contributed by atoms with Gasteiger partial charge in [-0.15, -0.1) is 0 Å². The van der Waals surface area contributed by atoms with Crippen LogP contribution in [0.5, 0.6) is 0 Å². The first-order chi connectivity index (χ1) is 8.24. The van der Waals surface area contributed by atoms with Crippen molar-refractivity contribution in [1.29, 1.82) is 5.26 Å². The van der Waals surface area contributed by atoms with E-state index in [4.69, 9.17) is 16.9 Å².